The zero-order valence-corrected chi connectivity index (χ0v) is 38.6. The zero-order chi connectivity index (χ0) is 48.3. The summed E-state index contributed by atoms with van der Waals surface area (Å²) in [6.45, 7) is 8.10. The van der Waals surface area contributed by atoms with Gasteiger partial charge in [-0.1, -0.05) is 18.9 Å². The van der Waals surface area contributed by atoms with Gasteiger partial charge in [0.1, 0.15) is 30.4 Å². The van der Waals surface area contributed by atoms with Crippen LogP contribution in [-0.4, -0.2) is 99.4 Å². The molecule has 0 saturated carbocycles. The topological polar surface area (TPSA) is 255 Å². The Morgan fingerprint density at radius 1 is 0.940 bits per heavy atom. The van der Waals surface area contributed by atoms with Crippen LogP contribution in [-0.2, 0) is 23.7 Å². The van der Waals surface area contributed by atoms with E-state index in [0.717, 1.165) is 42.5 Å². The number of methoxy groups -OCH3 is 3. The van der Waals surface area contributed by atoms with Crippen LogP contribution in [0.3, 0.4) is 0 Å². The third-order valence-corrected chi connectivity index (χ3v) is 10.8. The van der Waals surface area contributed by atoms with E-state index < -0.39 is 28.5 Å². The van der Waals surface area contributed by atoms with Crippen LogP contribution in [0, 0.1) is 24.0 Å². The van der Waals surface area contributed by atoms with Gasteiger partial charge >= 0.3 is 11.8 Å². The van der Waals surface area contributed by atoms with E-state index in [1.807, 2.05) is 38.1 Å². The maximum atomic E-state index is 12.5. The number of benzene rings is 3. The van der Waals surface area contributed by atoms with Crippen molar-refractivity contribution in [2.45, 2.75) is 71.3 Å². The molecule has 21 nitrogen and oxygen atoms in total. The number of nitrogens with one attached hydrogen (secondary N) is 3. The number of amides is 2. The maximum Gasteiger partial charge on any atom is 0.407 e. The van der Waals surface area contributed by atoms with E-state index in [1.165, 1.54) is 36.1 Å². The molecule has 0 unspecified atom stereocenters. The second-order valence-electron chi connectivity index (χ2n) is 15.5. The third-order valence-electron chi connectivity index (χ3n) is 10.8. The summed E-state index contributed by atoms with van der Waals surface area (Å²) >= 11 is 0. The first-order chi connectivity index (χ1) is 32.3. The number of nitro benzene ring substituents is 1. The zero-order valence-electron chi connectivity index (χ0n) is 38.6. The predicted molar refractivity (Wildman–Crippen MR) is 251 cm³/mol. The molecule has 4 aromatic rings. The molecular formula is C46H58N10O11. The molecule has 1 saturated heterocycles. The average Bonchev–Trinajstić information content (AvgIpc) is 3.72. The molecule has 0 aliphatic carbocycles. The molecule has 3 aromatic carbocycles. The lowest BCUT2D eigenvalue weighted by atomic mass is 10.1. The Bertz CT molecular complexity index is 2520. The minimum Gasteiger partial charge on any atom is -0.494 e. The molecule has 1 aliphatic rings. The fourth-order valence-corrected chi connectivity index (χ4v) is 7.09. The van der Waals surface area contributed by atoms with Gasteiger partial charge in [0.2, 0.25) is 5.91 Å². The van der Waals surface area contributed by atoms with Crippen LogP contribution in [0.5, 0.6) is 5.75 Å². The molecule has 0 bridgehead atoms. The number of hydrogen-bond donors (Lipinski definition) is 3. The van der Waals surface area contributed by atoms with E-state index in [2.05, 4.69) is 41.0 Å². The summed E-state index contributed by atoms with van der Waals surface area (Å²) < 4.78 is 28.8. The summed E-state index contributed by atoms with van der Waals surface area (Å²) in [6, 6.07) is 15.6. The normalized spacial score (nSPS) is 15.9. The van der Waals surface area contributed by atoms with E-state index in [-0.39, 0.29) is 48.3 Å². The number of carbonyl (C=O) groups excluding carboxylic acids is 2. The fourth-order valence-electron chi connectivity index (χ4n) is 7.09. The number of aromatic nitrogens is 2. The minimum absolute atomic E-state index is 0.127. The van der Waals surface area contributed by atoms with Crippen LogP contribution in [0.4, 0.5) is 38.9 Å². The molecule has 21 heteroatoms. The van der Waals surface area contributed by atoms with E-state index in [0.29, 0.717) is 55.4 Å². The molecule has 5 rings (SSSR count). The number of aryl methyl sites for hydroxylation is 2. The van der Waals surface area contributed by atoms with Crippen molar-refractivity contribution in [3.8, 4) is 5.75 Å². The number of likely N-dealkylation sites (N-methyl/N-ethyl adjacent to an activating group) is 1. The molecule has 2 amide bonds. The van der Waals surface area contributed by atoms with Gasteiger partial charge in [-0.3, -0.25) is 29.3 Å². The Labute approximate surface area is 387 Å². The number of anilines is 1. The number of unbranched alkanes of at least 4 members (excludes halogenated alkanes) is 3. The highest BCUT2D eigenvalue weighted by atomic mass is 16.6. The van der Waals surface area contributed by atoms with Gasteiger partial charge in [0.15, 0.2) is 5.69 Å². The number of azo groups is 2. The minimum atomic E-state index is -0.664. The van der Waals surface area contributed by atoms with Gasteiger partial charge in [-0.05, 0) is 87.2 Å². The fraction of sp³-hybridized carbons (Fsp3) is 0.435. The van der Waals surface area contributed by atoms with Gasteiger partial charge in [-0.25, -0.2) is 9.59 Å². The highest BCUT2D eigenvalue weighted by molar-refractivity contribution is 5.91. The quantitative estimate of drug-likeness (QED) is 0.0200. The Kier molecular flexibility index (Phi) is 19.4. The largest absolute Gasteiger partial charge is 0.494 e. The van der Waals surface area contributed by atoms with Crippen LogP contribution in [0.2, 0.25) is 0 Å². The second kappa shape index (κ2) is 25.6. The summed E-state index contributed by atoms with van der Waals surface area (Å²) in [7, 11) is 4.60. The lowest BCUT2D eigenvalue weighted by molar-refractivity contribution is -0.384. The van der Waals surface area contributed by atoms with E-state index in [4.69, 9.17) is 23.7 Å². The van der Waals surface area contributed by atoms with Crippen LogP contribution in [0.15, 0.2) is 96.9 Å². The first-order valence-corrected chi connectivity index (χ1v) is 21.8. The monoisotopic (exact) mass is 926 g/mol. The van der Waals surface area contributed by atoms with Crippen molar-refractivity contribution < 1.29 is 38.2 Å². The number of rotatable bonds is 24. The highest BCUT2D eigenvalue weighted by Gasteiger charge is 2.37. The maximum absolute atomic E-state index is 12.5. The number of aromatic amines is 1. The molecule has 3 N–H and O–H groups in total. The Morgan fingerprint density at radius 3 is 2.34 bits per heavy atom. The van der Waals surface area contributed by atoms with Crippen molar-refractivity contribution in [1.82, 2.24) is 20.2 Å². The highest BCUT2D eigenvalue weighted by Crippen LogP contribution is 2.38. The Balaban J connectivity index is 0.973. The van der Waals surface area contributed by atoms with Crippen LogP contribution in [0.1, 0.15) is 61.9 Å². The molecule has 1 aliphatic heterocycles. The van der Waals surface area contributed by atoms with Gasteiger partial charge in [0, 0.05) is 70.4 Å². The van der Waals surface area contributed by atoms with Crippen molar-refractivity contribution in [2.24, 2.45) is 20.5 Å². The lowest BCUT2D eigenvalue weighted by Gasteiger charge is -2.23. The number of nitrogens with zero attached hydrogens (tertiary/aromatic N) is 7. The van der Waals surface area contributed by atoms with E-state index >= 15 is 0 Å². The van der Waals surface area contributed by atoms with Gasteiger partial charge in [0.25, 0.3) is 11.2 Å². The predicted octanol–water partition coefficient (Wildman–Crippen LogP) is 7.79. The number of hydrogen-bond acceptors (Lipinski definition) is 16. The van der Waals surface area contributed by atoms with Crippen molar-refractivity contribution >= 4 is 52.2 Å². The van der Waals surface area contributed by atoms with Crippen LogP contribution < -0.4 is 31.5 Å². The molecule has 3 atom stereocenters. The summed E-state index contributed by atoms with van der Waals surface area (Å²) in [6.07, 6.45) is 5.65. The molecule has 0 spiro atoms. The number of nitro groups is 1. The van der Waals surface area contributed by atoms with E-state index in [1.54, 1.807) is 45.4 Å². The van der Waals surface area contributed by atoms with Crippen LogP contribution in [0.25, 0.3) is 6.08 Å². The first-order valence-electron chi connectivity index (χ1n) is 21.8. The summed E-state index contributed by atoms with van der Waals surface area (Å²) in [4.78, 5) is 65.1. The van der Waals surface area contributed by atoms with Gasteiger partial charge in [-0.15, -0.1) is 15.3 Å². The molecule has 0 radical (unpaired) electrons. The van der Waals surface area contributed by atoms with Crippen molar-refractivity contribution in [2.75, 3.05) is 65.6 Å². The molecular weight excluding hydrogens is 869 g/mol. The molecule has 1 fully saturated rings. The third kappa shape index (κ3) is 15.0. The number of alkyl carbamates (subject to hydrolysis) is 1. The SMILES string of the molecule is CCN(CCOC(=O)NCCCCCCNC(=O)/C=C/c1cn([C@H]2C[C@@H](OC)[C@@H](COC)O2)c(=O)[nH]c1=O)c1ccc(N=Nc2cc(C)c(N=Nc3ccc(C)cc3[N+](=O)[O-])cc2OC)cc1. The van der Waals surface area contributed by atoms with Crippen molar-refractivity contribution in [3.63, 3.8) is 0 Å². The summed E-state index contributed by atoms with van der Waals surface area (Å²) in [5.74, 6) is 0.0233. The number of H-pyrrole nitrogens is 1. The first kappa shape index (κ1) is 50.9. The van der Waals surface area contributed by atoms with E-state index in [9.17, 15) is 29.3 Å². The number of carbonyl (C=O) groups is 2. The van der Waals surface area contributed by atoms with Crippen molar-refractivity contribution in [3.05, 3.63) is 115 Å². The molecule has 1 aromatic heterocycles. The Hall–Kier alpha value is -7.10. The second-order valence-corrected chi connectivity index (χ2v) is 15.5. The van der Waals surface area contributed by atoms with Crippen LogP contribution >= 0.6 is 0 Å². The molecule has 2 heterocycles. The average molecular weight is 927 g/mol. The van der Waals surface area contributed by atoms with Gasteiger partial charge < -0.3 is 39.2 Å². The smallest absolute Gasteiger partial charge is 0.407 e. The van der Waals surface area contributed by atoms with Gasteiger partial charge in [0.05, 0.1) is 48.2 Å². The van der Waals surface area contributed by atoms with Crippen molar-refractivity contribution in [1.29, 1.82) is 0 Å². The Morgan fingerprint density at radius 2 is 1.66 bits per heavy atom. The summed E-state index contributed by atoms with van der Waals surface area (Å²) in [5.41, 5.74) is 2.81. The standard InChI is InChI=1S/C46H58N10O11/c1-7-54(34-16-14-33(15-17-34)50-53-37-25-31(3)36(26-39(37)64-5)52-51-35-18-12-30(2)24-38(35)56(61)62)22-23-66-46(60)48-21-11-9-8-10-20-47-42(57)19-13-32-28-55(45(59)49-44(32)58)43-27-40(65-6)41(67-43)29-63-4/h12-19,24-26,28,40-41,43H,7-11,20-23,27,29H2,1-6H3,(H,47,57)(H,48,60)(H,49,58,59)/b19-13+,52-51?,53-50?/t40-,41-,43-/m1/s1. The lowest BCUT2D eigenvalue weighted by Crippen LogP contribution is -2.33. The molecule has 67 heavy (non-hydrogen) atoms. The number of ether oxygens (including phenoxy) is 5. The van der Waals surface area contributed by atoms with Gasteiger partial charge in [-0.2, -0.15) is 5.11 Å². The summed E-state index contributed by atoms with van der Waals surface area (Å²) in [5, 5.41) is 34.2. The molecule has 358 valence electrons.